The van der Waals surface area contributed by atoms with Crippen molar-refractivity contribution in [1.82, 2.24) is 5.32 Å². The van der Waals surface area contributed by atoms with Crippen LogP contribution >= 0.6 is 0 Å². The number of carbonyl (C=O) groups excluding carboxylic acids is 2. The molecule has 29 heavy (non-hydrogen) atoms. The molecular formula is C21H25NO7. The molecule has 0 fully saturated rings. The number of hydrogen-bond donors (Lipinski definition) is 1. The van der Waals surface area contributed by atoms with Crippen molar-refractivity contribution in [3.8, 4) is 23.0 Å². The van der Waals surface area contributed by atoms with E-state index in [9.17, 15) is 9.59 Å². The zero-order valence-electron chi connectivity index (χ0n) is 16.9. The van der Waals surface area contributed by atoms with Crippen molar-refractivity contribution in [1.29, 1.82) is 0 Å². The van der Waals surface area contributed by atoms with Gasteiger partial charge in [0.2, 0.25) is 0 Å². The van der Waals surface area contributed by atoms with Crippen LogP contribution in [0, 0.1) is 0 Å². The van der Waals surface area contributed by atoms with E-state index in [1.165, 1.54) is 20.3 Å². The largest absolute Gasteiger partial charge is 0.497 e. The summed E-state index contributed by atoms with van der Waals surface area (Å²) in [5, 5.41) is 2.71. The van der Waals surface area contributed by atoms with Crippen molar-refractivity contribution in [2.24, 2.45) is 0 Å². The SMILES string of the molecule is COc1ccc(C(=O)OCC(=O)NCCc2ccc(OC)c(OC)c2)c(OC)c1. The van der Waals surface area contributed by atoms with Crippen molar-refractivity contribution in [3.63, 3.8) is 0 Å². The van der Waals surface area contributed by atoms with Gasteiger partial charge in [-0.2, -0.15) is 0 Å². The molecular weight excluding hydrogens is 378 g/mol. The Bertz CT molecular complexity index is 851. The lowest BCUT2D eigenvalue weighted by Crippen LogP contribution is -2.30. The smallest absolute Gasteiger partial charge is 0.342 e. The summed E-state index contributed by atoms with van der Waals surface area (Å²) in [5.74, 6) is 1.07. The molecule has 2 aromatic carbocycles. The fraction of sp³-hybridized carbons (Fsp3) is 0.333. The highest BCUT2D eigenvalue weighted by molar-refractivity contribution is 5.94. The summed E-state index contributed by atoms with van der Waals surface area (Å²) in [4.78, 5) is 24.2. The maximum Gasteiger partial charge on any atom is 0.342 e. The molecule has 0 aliphatic carbocycles. The van der Waals surface area contributed by atoms with Crippen LogP contribution in [-0.2, 0) is 16.0 Å². The molecule has 0 saturated heterocycles. The summed E-state index contributed by atoms with van der Waals surface area (Å²) in [7, 11) is 6.09. The third kappa shape index (κ3) is 6.03. The minimum atomic E-state index is -0.653. The third-order valence-corrected chi connectivity index (χ3v) is 4.15. The molecule has 0 unspecified atom stereocenters. The van der Waals surface area contributed by atoms with Crippen LogP contribution < -0.4 is 24.3 Å². The molecule has 8 heteroatoms. The number of esters is 1. The van der Waals surface area contributed by atoms with Gasteiger partial charge >= 0.3 is 5.97 Å². The van der Waals surface area contributed by atoms with E-state index >= 15 is 0 Å². The lowest BCUT2D eigenvalue weighted by atomic mass is 10.1. The number of carbonyl (C=O) groups is 2. The quantitative estimate of drug-likeness (QED) is 0.608. The Labute approximate surface area is 169 Å². The van der Waals surface area contributed by atoms with Crippen molar-refractivity contribution < 1.29 is 33.3 Å². The lowest BCUT2D eigenvalue weighted by Gasteiger charge is -2.11. The predicted octanol–water partition coefficient (Wildman–Crippen LogP) is 2.24. The van der Waals surface area contributed by atoms with Gasteiger partial charge in [-0.05, 0) is 36.2 Å². The van der Waals surface area contributed by atoms with E-state index in [1.54, 1.807) is 32.4 Å². The van der Waals surface area contributed by atoms with E-state index < -0.39 is 11.9 Å². The van der Waals surface area contributed by atoms with Gasteiger partial charge in [-0.25, -0.2) is 4.79 Å². The standard InChI is InChI=1S/C21H25NO7/c1-25-15-6-7-16(18(12-15)27-3)21(24)29-13-20(23)22-10-9-14-5-8-17(26-2)19(11-14)28-4/h5-8,11-12H,9-10,13H2,1-4H3,(H,22,23). The molecule has 0 aromatic heterocycles. The Morgan fingerprint density at radius 1 is 0.828 bits per heavy atom. The molecule has 0 spiro atoms. The first kappa shape index (κ1) is 21.9. The van der Waals surface area contributed by atoms with Crippen LogP contribution in [0.5, 0.6) is 23.0 Å². The second kappa shape index (κ2) is 10.8. The minimum absolute atomic E-state index is 0.214. The lowest BCUT2D eigenvalue weighted by molar-refractivity contribution is -0.124. The average Bonchev–Trinajstić information content (AvgIpc) is 2.76. The fourth-order valence-electron chi connectivity index (χ4n) is 2.61. The van der Waals surface area contributed by atoms with Crippen molar-refractivity contribution in [3.05, 3.63) is 47.5 Å². The van der Waals surface area contributed by atoms with Crippen LogP contribution in [-0.4, -0.2) is 53.5 Å². The molecule has 8 nitrogen and oxygen atoms in total. The monoisotopic (exact) mass is 403 g/mol. The van der Waals surface area contributed by atoms with E-state index in [2.05, 4.69) is 5.32 Å². The summed E-state index contributed by atoms with van der Waals surface area (Å²) in [6, 6.07) is 10.3. The summed E-state index contributed by atoms with van der Waals surface area (Å²) in [6.07, 6.45) is 0.590. The fourth-order valence-corrected chi connectivity index (χ4v) is 2.61. The molecule has 1 amide bonds. The first-order chi connectivity index (χ1) is 14.0. The highest BCUT2D eigenvalue weighted by Gasteiger charge is 2.16. The topological polar surface area (TPSA) is 92.3 Å². The van der Waals surface area contributed by atoms with Gasteiger partial charge in [0.15, 0.2) is 18.1 Å². The van der Waals surface area contributed by atoms with E-state index in [0.29, 0.717) is 36.0 Å². The maximum absolute atomic E-state index is 12.2. The van der Waals surface area contributed by atoms with E-state index in [0.717, 1.165) is 5.56 Å². The van der Waals surface area contributed by atoms with Gasteiger partial charge in [-0.3, -0.25) is 4.79 Å². The highest BCUT2D eigenvalue weighted by atomic mass is 16.5. The molecule has 0 heterocycles. The van der Waals surface area contributed by atoms with E-state index in [4.69, 9.17) is 23.7 Å². The maximum atomic E-state index is 12.2. The van der Waals surface area contributed by atoms with Crippen LogP contribution in [0.15, 0.2) is 36.4 Å². The third-order valence-electron chi connectivity index (χ3n) is 4.15. The number of benzene rings is 2. The molecule has 0 aliphatic rings. The normalized spacial score (nSPS) is 10.1. The summed E-state index contributed by atoms with van der Waals surface area (Å²) in [6.45, 7) is -0.00231. The summed E-state index contributed by atoms with van der Waals surface area (Å²) >= 11 is 0. The van der Waals surface area contributed by atoms with Gasteiger partial charge < -0.3 is 29.0 Å². The Morgan fingerprint density at radius 2 is 1.55 bits per heavy atom. The Balaban J connectivity index is 1.82. The van der Waals surface area contributed by atoms with Gasteiger partial charge in [0, 0.05) is 12.6 Å². The van der Waals surface area contributed by atoms with Gasteiger partial charge in [0.1, 0.15) is 17.1 Å². The molecule has 2 aromatic rings. The van der Waals surface area contributed by atoms with Crippen LogP contribution in [0.1, 0.15) is 15.9 Å². The molecule has 156 valence electrons. The van der Waals surface area contributed by atoms with Gasteiger partial charge in [-0.15, -0.1) is 0 Å². The van der Waals surface area contributed by atoms with Crippen molar-refractivity contribution >= 4 is 11.9 Å². The zero-order valence-corrected chi connectivity index (χ0v) is 16.9. The second-order valence-electron chi connectivity index (χ2n) is 5.93. The van der Waals surface area contributed by atoms with E-state index in [1.807, 2.05) is 12.1 Å². The number of nitrogens with one attached hydrogen (secondary N) is 1. The molecule has 0 atom stereocenters. The average molecular weight is 403 g/mol. The van der Waals surface area contributed by atoms with Crippen molar-refractivity contribution in [2.75, 3.05) is 41.6 Å². The van der Waals surface area contributed by atoms with Crippen LogP contribution in [0.3, 0.4) is 0 Å². The first-order valence-corrected chi connectivity index (χ1v) is 8.89. The van der Waals surface area contributed by atoms with Crippen LogP contribution in [0.2, 0.25) is 0 Å². The number of methoxy groups -OCH3 is 4. The van der Waals surface area contributed by atoms with Crippen LogP contribution in [0.4, 0.5) is 0 Å². The molecule has 1 N–H and O–H groups in total. The van der Waals surface area contributed by atoms with Gasteiger partial charge in [0.05, 0.1) is 28.4 Å². The molecule has 2 rings (SSSR count). The highest BCUT2D eigenvalue weighted by Crippen LogP contribution is 2.27. The zero-order chi connectivity index (χ0) is 21.2. The van der Waals surface area contributed by atoms with Crippen molar-refractivity contribution in [2.45, 2.75) is 6.42 Å². The first-order valence-electron chi connectivity index (χ1n) is 8.89. The molecule has 0 aliphatic heterocycles. The van der Waals surface area contributed by atoms with Gasteiger partial charge in [0.25, 0.3) is 5.91 Å². The summed E-state index contributed by atoms with van der Waals surface area (Å²) in [5.41, 5.74) is 1.19. The number of ether oxygens (including phenoxy) is 5. The molecule has 0 bridgehead atoms. The summed E-state index contributed by atoms with van der Waals surface area (Å²) < 4.78 is 25.8. The van der Waals surface area contributed by atoms with E-state index in [-0.39, 0.29) is 12.2 Å². The van der Waals surface area contributed by atoms with Gasteiger partial charge in [-0.1, -0.05) is 6.07 Å². The Kier molecular flexibility index (Phi) is 8.14. The number of hydrogen-bond acceptors (Lipinski definition) is 7. The molecule has 0 saturated carbocycles. The molecule has 0 radical (unpaired) electrons. The Hall–Kier alpha value is -3.42. The number of rotatable bonds is 10. The minimum Gasteiger partial charge on any atom is -0.497 e. The Morgan fingerprint density at radius 3 is 2.21 bits per heavy atom. The predicted molar refractivity (Wildman–Crippen MR) is 106 cm³/mol. The van der Waals surface area contributed by atoms with Crippen LogP contribution in [0.25, 0.3) is 0 Å². The number of amides is 1. The second-order valence-corrected chi connectivity index (χ2v) is 5.93.